The van der Waals surface area contributed by atoms with Crippen LogP contribution in [0.15, 0.2) is 29.8 Å². The summed E-state index contributed by atoms with van der Waals surface area (Å²) in [5.41, 5.74) is 4.29. The van der Waals surface area contributed by atoms with E-state index in [1.165, 1.54) is 37.0 Å². The zero-order valence-corrected chi connectivity index (χ0v) is 25.1. The number of likely N-dealkylation sites (tertiary alicyclic amines) is 1. The van der Waals surface area contributed by atoms with Crippen LogP contribution in [0.3, 0.4) is 0 Å². The van der Waals surface area contributed by atoms with E-state index in [0.717, 1.165) is 28.1 Å². The van der Waals surface area contributed by atoms with Crippen LogP contribution in [-0.2, 0) is 20.9 Å². The van der Waals surface area contributed by atoms with Crippen molar-refractivity contribution in [3.05, 3.63) is 41.0 Å². The smallest absolute Gasteiger partial charge is 0.246 e. The Hall–Kier alpha value is -2.78. The molecular formula is C31H44N4O4S. The molecule has 1 saturated carbocycles. The standard InChI is InChI=1S/C31H44N4O4S/c1-20-27(40-19-33-20)23-13-10-22(11-14-23)17-32-29(38)25-16-24(36)18-35(25)30(39)28(31(2,3)4)34-26(37)15-12-21-8-6-5-7-9-21/h10-11,13-14,19,21,24-25,28,36H,5-9,12,15-18H2,1-4H3,(H,32,38)(H,34,37)/t24-,25+,28?/m1/s1. The minimum atomic E-state index is -0.788. The van der Waals surface area contributed by atoms with Gasteiger partial charge in [0.2, 0.25) is 17.7 Å². The van der Waals surface area contributed by atoms with E-state index in [0.29, 0.717) is 18.9 Å². The van der Waals surface area contributed by atoms with Crippen LogP contribution < -0.4 is 10.6 Å². The predicted molar refractivity (Wildman–Crippen MR) is 157 cm³/mol. The Kier molecular flexibility index (Phi) is 10.0. The lowest BCUT2D eigenvalue weighted by atomic mass is 9.84. The average molecular weight is 569 g/mol. The fraction of sp³-hybridized carbons (Fsp3) is 0.613. The maximum atomic E-state index is 13.8. The van der Waals surface area contributed by atoms with Crippen LogP contribution in [0.5, 0.6) is 0 Å². The normalized spacial score (nSPS) is 20.8. The minimum absolute atomic E-state index is 0.0738. The molecule has 2 aliphatic rings. The molecular weight excluding hydrogens is 524 g/mol. The van der Waals surface area contributed by atoms with Crippen LogP contribution in [0.25, 0.3) is 10.4 Å². The number of aromatic nitrogens is 1. The quantitative estimate of drug-likeness (QED) is 0.410. The summed E-state index contributed by atoms with van der Waals surface area (Å²) in [7, 11) is 0. The van der Waals surface area contributed by atoms with Crippen molar-refractivity contribution in [2.75, 3.05) is 6.54 Å². The molecule has 0 bridgehead atoms. The number of aliphatic hydroxyl groups is 1. The van der Waals surface area contributed by atoms with Crippen molar-refractivity contribution < 1.29 is 19.5 Å². The van der Waals surface area contributed by atoms with Crippen LogP contribution in [0, 0.1) is 18.3 Å². The molecule has 2 fully saturated rings. The number of thiazole rings is 1. The van der Waals surface area contributed by atoms with E-state index in [1.807, 2.05) is 57.5 Å². The Balaban J connectivity index is 1.36. The van der Waals surface area contributed by atoms with Crippen LogP contribution in [0.1, 0.15) is 83.4 Å². The molecule has 0 spiro atoms. The number of hydrogen-bond donors (Lipinski definition) is 3. The number of benzene rings is 1. The van der Waals surface area contributed by atoms with Gasteiger partial charge in [-0.25, -0.2) is 4.98 Å². The molecule has 1 aromatic heterocycles. The van der Waals surface area contributed by atoms with Crippen molar-refractivity contribution in [3.63, 3.8) is 0 Å². The molecule has 0 radical (unpaired) electrons. The number of hydrogen-bond acceptors (Lipinski definition) is 6. The van der Waals surface area contributed by atoms with E-state index in [4.69, 9.17) is 0 Å². The molecule has 40 heavy (non-hydrogen) atoms. The van der Waals surface area contributed by atoms with Crippen LogP contribution in [0.4, 0.5) is 0 Å². The zero-order chi connectivity index (χ0) is 28.9. The van der Waals surface area contributed by atoms with E-state index < -0.39 is 23.6 Å². The van der Waals surface area contributed by atoms with E-state index >= 15 is 0 Å². The van der Waals surface area contributed by atoms with Gasteiger partial charge in [0.05, 0.1) is 22.2 Å². The number of nitrogens with zero attached hydrogens (tertiary/aromatic N) is 2. The first-order valence-electron chi connectivity index (χ1n) is 14.6. The lowest BCUT2D eigenvalue weighted by molar-refractivity contribution is -0.144. The molecule has 8 nitrogen and oxygen atoms in total. The fourth-order valence-corrected chi connectivity index (χ4v) is 6.64. The number of β-amino-alcohol motifs (C(OH)–C–C–N with tert-alkyl or cyclic N) is 1. The Morgan fingerprint density at radius 3 is 2.45 bits per heavy atom. The maximum absolute atomic E-state index is 13.8. The van der Waals surface area contributed by atoms with Gasteiger partial charge in [-0.15, -0.1) is 11.3 Å². The summed E-state index contributed by atoms with van der Waals surface area (Å²) in [5.74, 6) is -0.169. The minimum Gasteiger partial charge on any atom is -0.391 e. The third-order valence-electron chi connectivity index (χ3n) is 8.22. The predicted octanol–water partition coefficient (Wildman–Crippen LogP) is 4.59. The van der Waals surface area contributed by atoms with E-state index in [1.54, 1.807) is 11.3 Å². The van der Waals surface area contributed by atoms with Crippen molar-refractivity contribution in [2.45, 2.75) is 104 Å². The van der Waals surface area contributed by atoms with Gasteiger partial charge >= 0.3 is 0 Å². The highest BCUT2D eigenvalue weighted by Gasteiger charge is 2.44. The molecule has 4 rings (SSSR count). The molecule has 3 atom stereocenters. The number of aryl methyl sites for hydroxylation is 1. The Bertz CT molecular complexity index is 1170. The largest absolute Gasteiger partial charge is 0.391 e. The van der Waals surface area contributed by atoms with Gasteiger partial charge in [-0.05, 0) is 35.8 Å². The highest BCUT2D eigenvalue weighted by atomic mass is 32.1. The van der Waals surface area contributed by atoms with Gasteiger partial charge in [0.15, 0.2) is 0 Å². The van der Waals surface area contributed by atoms with Gasteiger partial charge in [-0.2, -0.15) is 0 Å². The molecule has 218 valence electrons. The summed E-state index contributed by atoms with van der Waals surface area (Å²) in [6.07, 6.45) is 6.72. The molecule has 1 aliphatic carbocycles. The first kappa shape index (κ1) is 30.2. The Labute approximate surface area is 242 Å². The summed E-state index contributed by atoms with van der Waals surface area (Å²) in [6.45, 7) is 8.11. The van der Waals surface area contributed by atoms with Gasteiger partial charge in [0.1, 0.15) is 12.1 Å². The highest BCUT2D eigenvalue weighted by molar-refractivity contribution is 7.13. The number of nitrogens with one attached hydrogen (secondary N) is 2. The molecule has 1 aromatic carbocycles. The second kappa shape index (κ2) is 13.3. The van der Waals surface area contributed by atoms with Crippen molar-refractivity contribution >= 4 is 29.1 Å². The highest BCUT2D eigenvalue weighted by Crippen LogP contribution is 2.30. The van der Waals surface area contributed by atoms with Crippen LogP contribution >= 0.6 is 11.3 Å². The summed E-state index contributed by atoms with van der Waals surface area (Å²) in [4.78, 5) is 46.8. The lowest BCUT2D eigenvalue weighted by Gasteiger charge is -2.35. The molecule has 2 heterocycles. The average Bonchev–Trinajstić information content (AvgIpc) is 3.54. The number of rotatable bonds is 9. The van der Waals surface area contributed by atoms with Gasteiger partial charge in [0, 0.05) is 25.9 Å². The number of aliphatic hydroxyl groups excluding tert-OH is 1. The molecule has 1 aliphatic heterocycles. The third-order valence-corrected chi connectivity index (χ3v) is 9.19. The summed E-state index contributed by atoms with van der Waals surface area (Å²) < 4.78 is 0. The summed E-state index contributed by atoms with van der Waals surface area (Å²) >= 11 is 1.59. The Morgan fingerprint density at radius 2 is 1.82 bits per heavy atom. The monoisotopic (exact) mass is 568 g/mol. The molecule has 2 aromatic rings. The van der Waals surface area contributed by atoms with Gasteiger partial charge in [0.25, 0.3) is 0 Å². The molecule has 1 unspecified atom stereocenters. The van der Waals surface area contributed by atoms with E-state index in [-0.39, 0.29) is 30.7 Å². The van der Waals surface area contributed by atoms with Gasteiger partial charge in [-0.1, -0.05) is 77.1 Å². The Morgan fingerprint density at radius 1 is 1.12 bits per heavy atom. The van der Waals surface area contributed by atoms with Crippen molar-refractivity contribution in [3.8, 4) is 10.4 Å². The molecule has 3 N–H and O–H groups in total. The topological polar surface area (TPSA) is 112 Å². The SMILES string of the molecule is Cc1ncsc1-c1ccc(CNC(=O)[C@@H]2C[C@@H](O)CN2C(=O)C(NC(=O)CCC2CCCCC2)C(C)(C)C)cc1. The van der Waals surface area contributed by atoms with Crippen molar-refractivity contribution in [2.24, 2.45) is 11.3 Å². The van der Waals surface area contributed by atoms with Crippen LogP contribution in [0.2, 0.25) is 0 Å². The van der Waals surface area contributed by atoms with Crippen molar-refractivity contribution in [1.29, 1.82) is 0 Å². The maximum Gasteiger partial charge on any atom is 0.246 e. The number of carbonyl (C=O) groups excluding carboxylic acids is 3. The number of amides is 3. The van der Waals surface area contributed by atoms with Crippen molar-refractivity contribution in [1.82, 2.24) is 20.5 Å². The van der Waals surface area contributed by atoms with E-state index in [2.05, 4.69) is 15.6 Å². The first-order chi connectivity index (χ1) is 19.0. The van der Waals surface area contributed by atoms with Gasteiger partial charge in [-0.3, -0.25) is 14.4 Å². The van der Waals surface area contributed by atoms with Gasteiger partial charge < -0.3 is 20.6 Å². The zero-order valence-electron chi connectivity index (χ0n) is 24.2. The van der Waals surface area contributed by atoms with Crippen LogP contribution in [-0.4, -0.2) is 57.4 Å². The number of carbonyl (C=O) groups is 3. The third kappa shape index (κ3) is 7.69. The van der Waals surface area contributed by atoms with E-state index in [9.17, 15) is 19.5 Å². The molecule has 9 heteroatoms. The summed E-state index contributed by atoms with van der Waals surface area (Å²) in [6, 6.07) is 6.41. The second-order valence-corrected chi connectivity index (χ2v) is 13.3. The first-order valence-corrected chi connectivity index (χ1v) is 15.5. The second-order valence-electron chi connectivity index (χ2n) is 12.5. The fourth-order valence-electron chi connectivity index (χ4n) is 5.82. The molecule has 1 saturated heterocycles. The summed E-state index contributed by atoms with van der Waals surface area (Å²) in [5, 5.41) is 16.4. The molecule has 3 amide bonds. The lowest BCUT2D eigenvalue weighted by Crippen LogP contribution is -2.57.